The fraction of sp³-hybridized carbons (Fsp3) is 0.467. The lowest BCUT2D eigenvalue weighted by molar-refractivity contribution is -0.113. The zero-order chi connectivity index (χ0) is 15.9. The molecule has 0 aliphatic rings. The highest BCUT2D eigenvalue weighted by atomic mass is 19.4. The zero-order valence-corrected chi connectivity index (χ0v) is 12.3. The fourth-order valence-electron chi connectivity index (χ4n) is 1.48. The van der Waals surface area contributed by atoms with E-state index in [0.717, 1.165) is 19.8 Å². The molecule has 0 spiro atoms. The van der Waals surface area contributed by atoms with Gasteiger partial charge < -0.3 is 0 Å². The van der Waals surface area contributed by atoms with Crippen LogP contribution in [0.4, 0.5) is 13.2 Å². The van der Waals surface area contributed by atoms with E-state index in [1.54, 1.807) is 6.92 Å². The Bertz CT molecular complexity index is 468. The van der Waals surface area contributed by atoms with Gasteiger partial charge in [0.2, 0.25) is 0 Å². The minimum absolute atomic E-state index is 0.179. The third-order valence-electron chi connectivity index (χ3n) is 2.68. The SMILES string of the molecule is C=CC(=C\CCC)/C(C)=C(/N=C(\C)C(F)(F)F)C(C)=O. The van der Waals surface area contributed by atoms with Gasteiger partial charge >= 0.3 is 6.18 Å². The normalized spacial score (nSPS) is 14.9. The molecular formula is C15H20F3NO. The van der Waals surface area contributed by atoms with Gasteiger partial charge in [-0.05, 0) is 31.4 Å². The molecule has 0 aromatic carbocycles. The second kappa shape index (κ2) is 7.82. The number of halogens is 3. The molecule has 0 rings (SSSR count). The van der Waals surface area contributed by atoms with Gasteiger partial charge in [-0.25, -0.2) is 4.99 Å². The maximum atomic E-state index is 12.5. The summed E-state index contributed by atoms with van der Waals surface area (Å²) in [5, 5.41) is 0. The van der Waals surface area contributed by atoms with Crippen molar-refractivity contribution in [3.8, 4) is 0 Å². The predicted octanol–water partition coefficient (Wildman–Crippen LogP) is 4.79. The first-order valence-electron chi connectivity index (χ1n) is 6.32. The monoisotopic (exact) mass is 287 g/mol. The van der Waals surface area contributed by atoms with Gasteiger partial charge in [-0.15, -0.1) is 0 Å². The molecule has 0 fully saturated rings. The van der Waals surface area contributed by atoms with Crippen LogP contribution in [0.2, 0.25) is 0 Å². The van der Waals surface area contributed by atoms with Crippen molar-refractivity contribution in [1.82, 2.24) is 0 Å². The molecule has 0 aliphatic heterocycles. The highest BCUT2D eigenvalue weighted by molar-refractivity contribution is 5.99. The maximum absolute atomic E-state index is 12.5. The second-order valence-corrected chi connectivity index (χ2v) is 4.38. The Morgan fingerprint density at radius 3 is 2.15 bits per heavy atom. The minimum atomic E-state index is -4.54. The smallest absolute Gasteiger partial charge is 0.293 e. The molecule has 0 aromatic rings. The highest BCUT2D eigenvalue weighted by Gasteiger charge is 2.32. The third kappa shape index (κ3) is 5.55. The first kappa shape index (κ1) is 18.4. The average Bonchev–Trinajstić information content (AvgIpc) is 2.34. The number of carbonyl (C=O) groups is 1. The first-order valence-corrected chi connectivity index (χ1v) is 6.32. The van der Waals surface area contributed by atoms with Crippen LogP contribution in [0.5, 0.6) is 0 Å². The summed E-state index contributed by atoms with van der Waals surface area (Å²) >= 11 is 0. The molecule has 0 heterocycles. The number of hydrogen-bond donors (Lipinski definition) is 0. The largest absolute Gasteiger partial charge is 0.429 e. The molecule has 0 amide bonds. The van der Waals surface area contributed by atoms with E-state index in [2.05, 4.69) is 11.6 Å². The zero-order valence-electron chi connectivity index (χ0n) is 12.3. The first-order chi connectivity index (χ1) is 9.15. The molecule has 0 aromatic heterocycles. The van der Waals surface area contributed by atoms with Crippen molar-refractivity contribution in [3.63, 3.8) is 0 Å². The Labute approximate surface area is 117 Å². The summed E-state index contributed by atoms with van der Waals surface area (Å²) in [5.74, 6) is -0.504. The molecule has 0 aliphatic carbocycles. The van der Waals surface area contributed by atoms with Crippen LogP contribution in [0.1, 0.15) is 40.5 Å². The maximum Gasteiger partial charge on any atom is 0.429 e. The molecule has 0 atom stereocenters. The van der Waals surface area contributed by atoms with Crippen molar-refractivity contribution in [1.29, 1.82) is 0 Å². The number of Topliss-reactive ketones (excluding diaryl/α,β-unsaturated/α-hetero) is 1. The van der Waals surface area contributed by atoms with Crippen LogP contribution in [-0.4, -0.2) is 17.7 Å². The van der Waals surface area contributed by atoms with Crippen LogP contribution in [0, 0.1) is 0 Å². The van der Waals surface area contributed by atoms with E-state index in [4.69, 9.17) is 0 Å². The lowest BCUT2D eigenvalue weighted by Crippen LogP contribution is -2.20. The van der Waals surface area contributed by atoms with Crippen molar-refractivity contribution < 1.29 is 18.0 Å². The van der Waals surface area contributed by atoms with Crippen molar-refractivity contribution in [2.45, 2.75) is 46.7 Å². The van der Waals surface area contributed by atoms with E-state index in [-0.39, 0.29) is 5.70 Å². The topological polar surface area (TPSA) is 29.4 Å². The van der Waals surface area contributed by atoms with Crippen LogP contribution in [0.15, 0.2) is 40.6 Å². The predicted molar refractivity (Wildman–Crippen MR) is 75.7 cm³/mol. The van der Waals surface area contributed by atoms with Gasteiger partial charge in [-0.3, -0.25) is 4.79 Å². The lowest BCUT2D eigenvalue weighted by atomic mass is 10.0. The average molecular weight is 287 g/mol. The Kier molecular flexibility index (Phi) is 7.18. The quantitative estimate of drug-likeness (QED) is 0.392. The van der Waals surface area contributed by atoms with Crippen LogP contribution in [-0.2, 0) is 4.79 Å². The molecule has 0 unspecified atom stereocenters. The van der Waals surface area contributed by atoms with Crippen LogP contribution >= 0.6 is 0 Å². The molecule has 0 N–H and O–H groups in total. The van der Waals surface area contributed by atoms with Crippen LogP contribution in [0.3, 0.4) is 0 Å². The van der Waals surface area contributed by atoms with Gasteiger partial charge in [0.05, 0.1) is 0 Å². The number of hydrogen-bond acceptors (Lipinski definition) is 2. The highest BCUT2D eigenvalue weighted by Crippen LogP contribution is 2.23. The van der Waals surface area contributed by atoms with Crippen LogP contribution in [0.25, 0.3) is 0 Å². The molecule has 0 saturated heterocycles. The number of alkyl halides is 3. The molecule has 112 valence electrons. The standard InChI is InChI=1S/C15H20F3NO/c1-6-8-9-13(7-2)10(3)14(11(4)20)19-12(5)15(16,17)18/h7,9H,2,6,8H2,1,3-5H3/b13-9+,14-10+,19-12+. The summed E-state index contributed by atoms with van der Waals surface area (Å²) < 4.78 is 37.6. The van der Waals surface area contributed by atoms with Gasteiger partial charge in [0.15, 0.2) is 5.78 Å². The van der Waals surface area contributed by atoms with E-state index in [9.17, 15) is 18.0 Å². The summed E-state index contributed by atoms with van der Waals surface area (Å²) in [6.07, 6.45) is 0.468. The van der Waals surface area contributed by atoms with Crippen molar-refractivity contribution >= 4 is 11.5 Å². The molecule has 5 heteroatoms. The molecule has 0 bridgehead atoms. The molecule has 0 saturated carbocycles. The minimum Gasteiger partial charge on any atom is -0.293 e. The molecular weight excluding hydrogens is 267 g/mol. The number of rotatable bonds is 6. The summed E-state index contributed by atoms with van der Waals surface area (Å²) in [6.45, 7) is 9.22. The summed E-state index contributed by atoms with van der Waals surface area (Å²) in [6, 6.07) is 0. The summed E-state index contributed by atoms with van der Waals surface area (Å²) in [5.41, 5.74) is -0.177. The van der Waals surface area contributed by atoms with Crippen molar-refractivity contribution in [2.75, 3.05) is 0 Å². The molecule has 0 radical (unpaired) electrons. The van der Waals surface area contributed by atoms with E-state index in [0.29, 0.717) is 11.1 Å². The van der Waals surface area contributed by atoms with Gasteiger partial charge in [-0.2, -0.15) is 13.2 Å². The molecule has 2 nitrogen and oxygen atoms in total. The Balaban J connectivity index is 5.84. The van der Waals surface area contributed by atoms with E-state index in [1.165, 1.54) is 13.0 Å². The Hall–Kier alpha value is -1.65. The number of carbonyl (C=O) groups excluding carboxylic acids is 1. The van der Waals surface area contributed by atoms with Gasteiger partial charge in [-0.1, -0.05) is 32.1 Å². The van der Waals surface area contributed by atoms with E-state index < -0.39 is 17.7 Å². The summed E-state index contributed by atoms with van der Waals surface area (Å²) in [7, 11) is 0. The second-order valence-electron chi connectivity index (χ2n) is 4.38. The molecule has 20 heavy (non-hydrogen) atoms. The van der Waals surface area contributed by atoms with Gasteiger partial charge in [0.1, 0.15) is 11.4 Å². The van der Waals surface area contributed by atoms with Crippen molar-refractivity contribution in [2.24, 2.45) is 4.99 Å². The van der Waals surface area contributed by atoms with Crippen LogP contribution < -0.4 is 0 Å². The number of ketones is 1. The number of nitrogens with zero attached hydrogens (tertiary/aromatic N) is 1. The lowest BCUT2D eigenvalue weighted by Gasteiger charge is -2.10. The van der Waals surface area contributed by atoms with E-state index in [1.807, 2.05) is 13.0 Å². The Morgan fingerprint density at radius 2 is 1.80 bits per heavy atom. The van der Waals surface area contributed by atoms with Gasteiger partial charge in [0, 0.05) is 6.92 Å². The summed E-state index contributed by atoms with van der Waals surface area (Å²) in [4.78, 5) is 15.0. The third-order valence-corrected chi connectivity index (χ3v) is 2.68. The number of unbranched alkanes of at least 4 members (excludes halogenated alkanes) is 1. The van der Waals surface area contributed by atoms with E-state index >= 15 is 0 Å². The Morgan fingerprint density at radius 1 is 1.25 bits per heavy atom. The fourth-order valence-corrected chi connectivity index (χ4v) is 1.48. The van der Waals surface area contributed by atoms with Crippen molar-refractivity contribution in [3.05, 3.63) is 35.6 Å². The van der Waals surface area contributed by atoms with Gasteiger partial charge in [0.25, 0.3) is 0 Å². The number of allylic oxidation sites excluding steroid dienone is 5. The number of aliphatic imine (C=N–C) groups is 1.